The van der Waals surface area contributed by atoms with Gasteiger partial charge in [0.15, 0.2) is 18.3 Å². The van der Waals surface area contributed by atoms with E-state index in [1.165, 1.54) is 0 Å². The Morgan fingerprint density at radius 3 is 2.67 bits per heavy atom. The summed E-state index contributed by atoms with van der Waals surface area (Å²) in [5.41, 5.74) is 3.71. The molecular formula is C25H28N2O6. The quantitative estimate of drug-likeness (QED) is 0.691. The van der Waals surface area contributed by atoms with Gasteiger partial charge >= 0.3 is 0 Å². The number of hydrogen-bond acceptors (Lipinski definition) is 7. The Balaban J connectivity index is 1.53. The maximum atomic E-state index is 13.6. The van der Waals surface area contributed by atoms with Crippen LogP contribution in [0, 0.1) is 0 Å². The summed E-state index contributed by atoms with van der Waals surface area (Å²) in [7, 11) is 3.26. The molecule has 33 heavy (non-hydrogen) atoms. The van der Waals surface area contributed by atoms with Crippen LogP contribution in [0.3, 0.4) is 0 Å². The molecule has 3 heterocycles. The van der Waals surface area contributed by atoms with E-state index in [4.69, 9.17) is 23.7 Å². The van der Waals surface area contributed by atoms with Crippen molar-refractivity contribution < 1.29 is 28.5 Å². The molecule has 4 aliphatic rings. The number of nitrogens with zero attached hydrogens (tertiary/aromatic N) is 2. The molecular weight excluding hydrogens is 424 g/mol. The number of fused-ring (bicyclic) bond motifs is 3. The average molecular weight is 453 g/mol. The van der Waals surface area contributed by atoms with E-state index < -0.39 is 0 Å². The minimum Gasteiger partial charge on any atom is -0.493 e. The molecule has 0 saturated carbocycles. The minimum atomic E-state index is -0.139. The Bertz CT molecular complexity index is 1170. The van der Waals surface area contributed by atoms with Crippen LogP contribution in [-0.4, -0.2) is 77.3 Å². The summed E-state index contributed by atoms with van der Waals surface area (Å²) >= 11 is 0. The zero-order valence-corrected chi connectivity index (χ0v) is 19.2. The Morgan fingerprint density at radius 2 is 1.91 bits per heavy atom. The molecule has 6 rings (SSSR count). The molecule has 174 valence electrons. The molecule has 0 bridgehead atoms. The summed E-state index contributed by atoms with van der Waals surface area (Å²) in [6.07, 6.45) is 1.91. The van der Waals surface area contributed by atoms with Gasteiger partial charge in [0, 0.05) is 42.9 Å². The van der Waals surface area contributed by atoms with Crippen molar-refractivity contribution in [2.75, 3.05) is 65.3 Å². The zero-order chi connectivity index (χ0) is 22.7. The predicted molar refractivity (Wildman–Crippen MR) is 123 cm³/mol. The highest BCUT2D eigenvalue weighted by Gasteiger charge is 2.41. The SMILES string of the molecule is COc1cc2c3c(cc4c(c3c1OC)[C@@H](C)C1OCOC1=C4)N(CCN1CCOCC1)C2=O. The zero-order valence-electron chi connectivity index (χ0n) is 19.2. The first-order valence-electron chi connectivity index (χ1n) is 11.5. The average Bonchev–Trinajstić information content (AvgIpc) is 3.41. The van der Waals surface area contributed by atoms with Gasteiger partial charge in [-0.2, -0.15) is 0 Å². The maximum absolute atomic E-state index is 13.6. The Hall–Kier alpha value is -2.81. The molecule has 2 saturated heterocycles. The van der Waals surface area contributed by atoms with Gasteiger partial charge in [-0.3, -0.25) is 9.69 Å². The van der Waals surface area contributed by atoms with Crippen LogP contribution < -0.4 is 14.4 Å². The lowest BCUT2D eigenvalue weighted by atomic mass is 9.81. The predicted octanol–water partition coefficient (Wildman–Crippen LogP) is 2.98. The van der Waals surface area contributed by atoms with Crippen LogP contribution in [-0.2, 0) is 14.2 Å². The van der Waals surface area contributed by atoms with Crippen LogP contribution in [0.2, 0.25) is 0 Å². The van der Waals surface area contributed by atoms with Crippen molar-refractivity contribution in [1.29, 1.82) is 0 Å². The number of ether oxygens (including phenoxy) is 5. The third-order valence-corrected chi connectivity index (χ3v) is 7.27. The third kappa shape index (κ3) is 3.04. The van der Waals surface area contributed by atoms with Crippen molar-refractivity contribution in [3.63, 3.8) is 0 Å². The lowest BCUT2D eigenvalue weighted by Crippen LogP contribution is -2.42. The molecule has 1 unspecified atom stereocenters. The molecule has 2 atom stereocenters. The van der Waals surface area contributed by atoms with Gasteiger partial charge in [-0.05, 0) is 29.3 Å². The smallest absolute Gasteiger partial charge is 0.259 e. The number of benzene rings is 2. The second-order valence-corrected chi connectivity index (χ2v) is 8.90. The van der Waals surface area contributed by atoms with E-state index >= 15 is 0 Å². The van der Waals surface area contributed by atoms with Gasteiger partial charge < -0.3 is 28.6 Å². The molecule has 2 fully saturated rings. The molecule has 2 aromatic rings. The van der Waals surface area contributed by atoms with Crippen LogP contribution in [0.4, 0.5) is 5.69 Å². The Labute approximate surface area is 192 Å². The first kappa shape index (κ1) is 20.8. The summed E-state index contributed by atoms with van der Waals surface area (Å²) in [6.45, 7) is 7.05. The number of carbonyl (C=O) groups is 1. The molecule has 8 heteroatoms. The summed E-state index contributed by atoms with van der Waals surface area (Å²) in [5.74, 6) is 2.10. The molecule has 1 amide bonds. The van der Waals surface area contributed by atoms with Crippen LogP contribution in [0.15, 0.2) is 17.9 Å². The molecule has 0 N–H and O–H groups in total. The number of amides is 1. The maximum Gasteiger partial charge on any atom is 0.259 e. The fraction of sp³-hybridized carbons (Fsp3) is 0.480. The first-order valence-corrected chi connectivity index (χ1v) is 11.5. The lowest BCUT2D eigenvalue weighted by molar-refractivity contribution is 0.0391. The first-order chi connectivity index (χ1) is 16.1. The summed E-state index contributed by atoms with van der Waals surface area (Å²) < 4.78 is 28.6. The van der Waals surface area contributed by atoms with Gasteiger partial charge in [0.1, 0.15) is 11.9 Å². The topological polar surface area (TPSA) is 69.7 Å². The van der Waals surface area contributed by atoms with Crippen molar-refractivity contribution >= 4 is 28.4 Å². The number of anilines is 1. The largest absolute Gasteiger partial charge is 0.493 e. The van der Waals surface area contributed by atoms with Gasteiger partial charge in [0.25, 0.3) is 5.91 Å². The van der Waals surface area contributed by atoms with E-state index in [1.807, 2.05) is 17.0 Å². The molecule has 2 aromatic carbocycles. The minimum absolute atomic E-state index is 0.000408. The summed E-state index contributed by atoms with van der Waals surface area (Å²) in [5, 5.41) is 1.86. The van der Waals surface area contributed by atoms with E-state index in [9.17, 15) is 4.79 Å². The van der Waals surface area contributed by atoms with E-state index in [1.54, 1.807) is 14.2 Å². The van der Waals surface area contributed by atoms with E-state index in [0.29, 0.717) is 23.6 Å². The summed E-state index contributed by atoms with van der Waals surface area (Å²) in [4.78, 5) is 17.9. The Kier molecular flexibility index (Phi) is 4.97. The highest BCUT2D eigenvalue weighted by Crippen LogP contribution is 2.53. The highest BCUT2D eigenvalue weighted by atomic mass is 16.7. The van der Waals surface area contributed by atoms with E-state index in [-0.39, 0.29) is 24.7 Å². The standard InChI is InChI=1S/C25H28N2O6/c1-14-20-15(11-19-23(14)33-13-32-19)10-17-21-16(12-18(29-2)24(30-3)22(20)21)25(28)27(17)5-4-26-6-8-31-9-7-26/h10-12,14,23H,4-9,13H2,1-3H3/t14-,23?/m1/s1. The molecule has 0 radical (unpaired) electrons. The molecule has 1 aliphatic carbocycles. The van der Waals surface area contributed by atoms with Crippen LogP contribution >= 0.6 is 0 Å². The number of morpholine rings is 1. The van der Waals surface area contributed by atoms with E-state index in [0.717, 1.165) is 66.2 Å². The van der Waals surface area contributed by atoms with Gasteiger partial charge in [-0.25, -0.2) is 0 Å². The van der Waals surface area contributed by atoms with Crippen molar-refractivity contribution in [2.24, 2.45) is 0 Å². The molecule has 8 nitrogen and oxygen atoms in total. The summed E-state index contributed by atoms with van der Waals surface area (Å²) in [6, 6.07) is 3.94. The van der Waals surface area contributed by atoms with Crippen LogP contribution in [0.5, 0.6) is 11.5 Å². The van der Waals surface area contributed by atoms with Crippen molar-refractivity contribution in [2.45, 2.75) is 18.9 Å². The second kappa shape index (κ2) is 7.90. The van der Waals surface area contributed by atoms with Crippen LogP contribution in [0.25, 0.3) is 16.8 Å². The number of carbonyl (C=O) groups excluding carboxylic acids is 1. The van der Waals surface area contributed by atoms with E-state index in [2.05, 4.69) is 17.9 Å². The fourth-order valence-electron chi connectivity index (χ4n) is 5.65. The van der Waals surface area contributed by atoms with Crippen molar-refractivity contribution in [3.05, 3.63) is 34.6 Å². The number of methoxy groups -OCH3 is 2. The fourth-order valence-corrected chi connectivity index (χ4v) is 5.65. The van der Waals surface area contributed by atoms with Gasteiger partial charge in [0.05, 0.1) is 38.7 Å². The van der Waals surface area contributed by atoms with Crippen LogP contribution in [0.1, 0.15) is 34.3 Å². The van der Waals surface area contributed by atoms with Crippen molar-refractivity contribution in [3.8, 4) is 11.5 Å². The van der Waals surface area contributed by atoms with Crippen molar-refractivity contribution in [1.82, 2.24) is 4.90 Å². The molecule has 0 spiro atoms. The van der Waals surface area contributed by atoms with Gasteiger partial charge in [0.2, 0.25) is 0 Å². The molecule has 0 aromatic heterocycles. The number of hydrogen-bond donors (Lipinski definition) is 0. The van der Waals surface area contributed by atoms with Gasteiger partial charge in [-0.1, -0.05) is 6.92 Å². The third-order valence-electron chi connectivity index (χ3n) is 7.27. The highest BCUT2D eigenvalue weighted by molar-refractivity contribution is 6.27. The normalized spacial score (nSPS) is 23.9. The number of rotatable bonds is 5. The second-order valence-electron chi connectivity index (χ2n) is 8.90. The monoisotopic (exact) mass is 452 g/mol. The van der Waals surface area contributed by atoms with Gasteiger partial charge in [-0.15, -0.1) is 0 Å². The Morgan fingerprint density at radius 1 is 1.09 bits per heavy atom. The molecule has 3 aliphatic heterocycles. The lowest BCUT2D eigenvalue weighted by Gasteiger charge is -2.30.